The van der Waals surface area contributed by atoms with Gasteiger partial charge in [0, 0.05) is 19.0 Å². The molecule has 5 rings (SSSR count). The van der Waals surface area contributed by atoms with Crippen LogP contribution in [0.4, 0.5) is 5.82 Å². The molecule has 31 heavy (non-hydrogen) atoms. The molecule has 1 unspecified atom stereocenters. The van der Waals surface area contributed by atoms with Crippen LogP contribution >= 0.6 is 0 Å². The van der Waals surface area contributed by atoms with Gasteiger partial charge in [0.1, 0.15) is 18.8 Å². The number of anilines is 1. The predicted octanol–water partition coefficient (Wildman–Crippen LogP) is 0.328. The summed E-state index contributed by atoms with van der Waals surface area (Å²) >= 11 is 0. The Morgan fingerprint density at radius 3 is 2.61 bits per heavy atom. The molecule has 11 nitrogen and oxygen atoms in total. The maximum absolute atomic E-state index is 12.5. The lowest BCUT2D eigenvalue weighted by atomic mass is 9.96. The van der Waals surface area contributed by atoms with Crippen LogP contribution in [0.15, 0.2) is 42.7 Å². The molecule has 1 atom stereocenters. The van der Waals surface area contributed by atoms with Crippen LogP contribution in [0.25, 0.3) is 5.65 Å². The summed E-state index contributed by atoms with van der Waals surface area (Å²) in [5, 5.41) is 12.3. The molecule has 3 aromatic rings. The number of para-hydroxylation sites is 2. The van der Waals surface area contributed by atoms with Gasteiger partial charge in [-0.15, -0.1) is 15.3 Å². The second-order valence-corrected chi connectivity index (χ2v) is 7.43. The Labute approximate surface area is 177 Å². The van der Waals surface area contributed by atoms with E-state index in [1.165, 1.54) is 0 Å². The van der Waals surface area contributed by atoms with E-state index in [1.54, 1.807) is 29.0 Å². The van der Waals surface area contributed by atoms with Crippen LogP contribution in [-0.4, -0.2) is 57.4 Å². The average molecular weight is 423 g/mol. The maximum atomic E-state index is 12.5. The van der Waals surface area contributed by atoms with Gasteiger partial charge in [-0.2, -0.15) is 4.52 Å². The predicted molar refractivity (Wildman–Crippen MR) is 108 cm³/mol. The van der Waals surface area contributed by atoms with Crippen molar-refractivity contribution in [3.63, 3.8) is 0 Å². The zero-order valence-corrected chi connectivity index (χ0v) is 16.6. The van der Waals surface area contributed by atoms with Gasteiger partial charge in [0.2, 0.25) is 12.0 Å². The number of rotatable bonds is 3. The molecule has 2 aliphatic heterocycles. The van der Waals surface area contributed by atoms with Crippen LogP contribution in [0.2, 0.25) is 0 Å². The van der Waals surface area contributed by atoms with E-state index in [0.717, 1.165) is 5.82 Å². The van der Waals surface area contributed by atoms with Gasteiger partial charge in [-0.1, -0.05) is 12.1 Å². The number of benzene rings is 1. The summed E-state index contributed by atoms with van der Waals surface area (Å²) in [4.78, 5) is 27.0. The molecule has 1 saturated heterocycles. The number of nitrogens with one attached hydrogen (secondary N) is 2. The first-order chi connectivity index (χ1) is 15.2. The number of hydrazine groups is 1. The van der Waals surface area contributed by atoms with Crippen molar-refractivity contribution in [2.45, 2.75) is 18.9 Å². The van der Waals surface area contributed by atoms with E-state index >= 15 is 0 Å². The van der Waals surface area contributed by atoms with Gasteiger partial charge in [0.15, 0.2) is 17.1 Å². The zero-order valence-electron chi connectivity index (χ0n) is 16.6. The Bertz CT molecular complexity index is 1110. The van der Waals surface area contributed by atoms with Crippen LogP contribution < -0.4 is 25.2 Å². The van der Waals surface area contributed by atoms with E-state index in [-0.39, 0.29) is 18.4 Å². The number of hydrogen-bond acceptors (Lipinski definition) is 8. The van der Waals surface area contributed by atoms with Crippen molar-refractivity contribution in [3.05, 3.63) is 42.7 Å². The summed E-state index contributed by atoms with van der Waals surface area (Å²) in [6, 6.07) is 10.9. The first kappa shape index (κ1) is 19.1. The van der Waals surface area contributed by atoms with Crippen LogP contribution in [0.3, 0.4) is 0 Å². The topological polar surface area (TPSA) is 123 Å². The van der Waals surface area contributed by atoms with Gasteiger partial charge in [-0.05, 0) is 37.1 Å². The third-order valence-corrected chi connectivity index (χ3v) is 5.45. The maximum Gasteiger partial charge on any atom is 0.283 e. The summed E-state index contributed by atoms with van der Waals surface area (Å²) < 4.78 is 12.8. The number of carbonyl (C=O) groups excluding carboxylic acids is 2. The van der Waals surface area contributed by atoms with Gasteiger partial charge in [0.25, 0.3) is 5.91 Å². The Morgan fingerprint density at radius 2 is 1.77 bits per heavy atom. The standard InChI is InChI=1S/C20H21N7O4/c28-19(23-24-20(29)16-11-30-14-3-1-2-4-15(14)31-16)13-7-9-26(10-8-13)18-6-5-17-22-21-12-27(17)25-18/h1-6,12-13,16H,7-11H2,(H,23,28)(H,24,29). The minimum Gasteiger partial charge on any atom is -0.485 e. The lowest BCUT2D eigenvalue weighted by Gasteiger charge is -2.32. The number of hydrogen-bond donors (Lipinski definition) is 2. The van der Waals surface area contributed by atoms with Crippen molar-refractivity contribution in [1.82, 2.24) is 30.7 Å². The number of aromatic nitrogens is 4. The number of piperidine rings is 1. The third kappa shape index (κ3) is 3.93. The molecule has 160 valence electrons. The second-order valence-electron chi connectivity index (χ2n) is 7.43. The summed E-state index contributed by atoms with van der Waals surface area (Å²) in [7, 11) is 0. The van der Waals surface area contributed by atoms with Crippen molar-refractivity contribution in [2.75, 3.05) is 24.6 Å². The van der Waals surface area contributed by atoms with Crippen LogP contribution in [-0.2, 0) is 9.59 Å². The Hall–Kier alpha value is -3.89. The minimum atomic E-state index is -0.823. The normalized spacial score (nSPS) is 18.6. The zero-order chi connectivity index (χ0) is 21.2. The number of carbonyl (C=O) groups is 2. The molecule has 0 bridgehead atoms. The highest BCUT2D eigenvalue weighted by atomic mass is 16.6. The van der Waals surface area contributed by atoms with E-state index in [0.29, 0.717) is 43.1 Å². The molecule has 0 radical (unpaired) electrons. The van der Waals surface area contributed by atoms with E-state index in [2.05, 4.69) is 31.0 Å². The monoisotopic (exact) mass is 423 g/mol. The van der Waals surface area contributed by atoms with E-state index in [9.17, 15) is 9.59 Å². The molecule has 0 saturated carbocycles. The molecular formula is C20H21N7O4. The summed E-state index contributed by atoms with van der Waals surface area (Å²) in [6.45, 7) is 1.45. The van der Waals surface area contributed by atoms with Gasteiger partial charge < -0.3 is 14.4 Å². The Balaban J connectivity index is 1.10. The Kier molecular flexibility index (Phi) is 4.98. The summed E-state index contributed by atoms with van der Waals surface area (Å²) in [6.07, 6.45) is 2.04. The molecule has 2 N–H and O–H groups in total. The van der Waals surface area contributed by atoms with Crippen molar-refractivity contribution >= 4 is 23.3 Å². The average Bonchev–Trinajstić information content (AvgIpc) is 3.30. The Morgan fingerprint density at radius 1 is 1.00 bits per heavy atom. The lowest BCUT2D eigenvalue weighted by Crippen LogP contribution is -2.53. The fraction of sp³-hybridized carbons (Fsp3) is 0.350. The van der Waals surface area contributed by atoms with Crippen molar-refractivity contribution in [1.29, 1.82) is 0 Å². The molecule has 2 aromatic heterocycles. The smallest absolute Gasteiger partial charge is 0.283 e. The van der Waals surface area contributed by atoms with Crippen LogP contribution in [0.5, 0.6) is 11.5 Å². The molecule has 2 aliphatic rings. The van der Waals surface area contributed by atoms with Crippen molar-refractivity contribution < 1.29 is 19.1 Å². The highest BCUT2D eigenvalue weighted by Gasteiger charge is 2.29. The molecule has 1 fully saturated rings. The lowest BCUT2D eigenvalue weighted by molar-refractivity contribution is -0.136. The highest BCUT2D eigenvalue weighted by Crippen LogP contribution is 2.30. The molecule has 1 aromatic carbocycles. The number of ether oxygens (including phenoxy) is 2. The highest BCUT2D eigenvalue weighted by molar-refractivity contribution is 5.86. The van der Waals surface area contributed by atoms with Gasteiger partial charge in [-0.25, -0.2) is 0 Å². The van der Waals surface area contributed by atoms with Crippen molar-refractivity contribution in [3.8, 4) is 11.5 Å². The molecule has 11 heteroatoms. The first-order valence-electron chi connectivity index (χ1n) is 10.1. The second kappa shape index (κ2) is 8.09. The molecule has 0 spiro atoms. The van der Waals surface area contributed by atoms with E-state index in [1.807, 2.05) is 18.2 Å². The van der Waals surface area contributed by atoms with Gasteiger partial charge in [0.05, 0.1) is 0 Å². The fourth-order valence-corrected chi connectivity index (χ4v) is 3.71. The number of nitrogens with zero attached hydrogens (tertiary/aromatic N) is 5. The largest absolute Gasteiger partial charge is 0.485 e. The van der Waals surface area contributed by atoms with E-state index < -0.39 is 12.0 Å². The summed E-state index contributed by atoms with van der Waals surface area (Å²) in [5.74, 6) is 1.05. The minimum absolute atomic E-state index is 0.0842. The molecular weight excluding hydrogens is 402 g/mol. The molecule has 2 amide bonds. The first-order valence-corrected chi connectivity index (χ1v) is 10.1. The van der Waals surface area contributed by atoms with Crippen LogP contribution in [0, 0.1) is 5.92 Å². The van der Waals surface area contributed by atoms with Crippen molar-refractivity contribution in [2.24, 2.45) is 5.92 Å². The number of amides is 2. The summed E-state index contributed by atoms with van der Waals surface area (Å²) in [5.41, 5.74) is 5.66. The molecule has 4 heterocycles. The van der Waals surface area contributed by atoms with Crippen LogP contribution in [0.1, 0.15) is 12.8 Å². The number of fused-ring (bicyclic) bond motifs is 2. The quantitative estimate of drug-likeness (QED) is 0.578. The van der Waals surface area contributed by atoms with Gasteiger partial charge in [-0.3, -0.25) is 20.4 Å². The third-order valence-electron chi connectivity index (χ3n) is 5.45. The van der Waals surface area contributed by atoms with Gasteiger partial charge >= 0.3 is 0 Å². The molecule has 0 aliphatic carbocycles. The fourth-order valence-electron chi connectivity index (χ4n) is 3.71. The van der Waals surface area contributed by atoms with E-state index in [4.69, 9.17) is 9.47 Å². The SMILES string of the molecule is O=C(NNC(=O)C1COc2ccccc2O1)C1CCN(c2ccc3nncn3n2)CC1.